The van der Waals surface area contributed by atoms with Gasteiger partial charge in [-0.15, -0.1) is 0 Å². The number of halogens is 1. The lowest BCUT2D eigenvalue weighted by molar-refractivity contribution is -0.141. The minimum absolute atomic E-state index is 0.0162. The molecule has 0 aromatic heterocycles. The first kappa shape index (κ1) is 17.2. The second-order valence-electron chi connectivity index (χ2n) is 6.52. The molecule has 3 rings (SSSR count). The van der Waals surface area contributed by atoms with Crippen molar-refractivity contribution in [1.82, 2.24) is 4.90 Å². The first-order chi connectivity index (χ1) is 11.6. The Kier molecular flexibility index (Phi) is 5.41. The Morgan fingerprint density at radius 3 is 2.71 bits per heavy atom. The quantitative estimate of drug-likeness (QED) is 0.855. The highest BCUT2D eigenvalue weighted by Crippen LogP contribution is 2.49. The van der Waals surface area contributed by atoms with Gasteiger partial charge in [0, 0.05) is 36.7 Å². The van der Waals surface area contributed by atoms with Crippen molar-refractivity contribution in [2.45, 2.75) is 37.6 Å². The second kappa shape index (κ2) is 7.53. The maximum atomic E-state index is 12.9. The van der Waals surface area contributed by atoms with Crippen LogP contribution in [0.3, 0.4) is 0 Å². The number of hydrogen-bond acceptors (Lipinski definition) is 3. The van der Waals surface area contributed by atoms with Crippen molar-refractivity contribution in [3.05, 3.63) is 34.9 Å². The van der Waals surface area contributed by atoms with Gasteiger partial charge in [-0.3, -0.25) is 9.59 Å². The van der Waals surface area contributed by atoms with Gasteiger partial charge in [0.15, 0.2) is 0 Å². The summed E-state index contributed by atoms with van der Waals surface area (Å²) in [5.74, 6) is -0.654. The summed E-state index contributed by atoms with van der Waals surface area (Å²) in [4.78, 5) is 25.7. The van der Waals surface area contributed by atoms with E-state index in [4.69, 9.17) is 21.4 Å². The SMILES string of the molecule is O=C(O)CCN(C(=O)[C@H]1C[C@@H]1c1cccc(Cl)c1)C1CCOCC1. The smallest absolute Gasteiger partial charge is 0.305 e. The summed E-state index contributed by atoms with van der Waals surface area (Å²) in [5, 5.41) is 9.66. The standard InChI is InChI=1S/C18H22ClNO4/c19-13-3-1-2-12(10-13)15-11-16(15)18(23)20(7-4-17(21)22)14-5-8-24-9-6-14/h1-3,10,14-16H,4-9,11H2,(H,21,22)/t15-,16+/m1/s1. The molecule has 1 aliphatic carbocycles. The molecule has 1 aromatic carbocycles. The van der Waals surface area contributed by atoms with Crippen molar-refractivity contribution in [1.29, 1.82) is 0 Å². The lowest BCUT2D eigenvalue weighted by Gasteiger charge is -2.34. The van der Waals surface area contributed by atoms with E-state index in [1.807, 2.05) is 24.3 Å². The van der Waals surface area contributed by atoms with Crippen molar-refractivity contribution in [2.24, 2.45) is 5.92 Å². The van der Waals surface area contributed by atoms with Gasteiger partial charge in [0.25, 0.3) is 0 Å². The van der Waals surface area contributed by atoms with Crippen molar-refractivity contribution in [3.8, 4) is 0 Å². The van der Waals surface area contributed by atoms with E-state index in [0.717, 1.165) is 24.8 Å². The van der Waals surface area contributed by atoms with Crippen molar-refractivity contribution in [3.63, 3.8) is 0 Å². The van der Waals surface area contributed by atoms with Gasteiger partial charge in [-0.1, -0.05) is 23.7 Å². The zero-order chi connectivity index (χ0) is 17.1. The minimum Gasteiger partial charge on any atom is -0.481 e. The number of amides is 1. The van der Waals surface area contributed by atoms with Gasteiger partial charge in [0.05, 0.1) is 6.42 Å². The van der Waals surface area contributed by atoms with Crippen LogP contribution < -0.4 is 0 Å². The third-order valence-corrected chi connectivity index (χ3v) is 5.10. The van der Waals surface area contributed by atoms with Gasteiger partial charge >= 0.3 is 5.97 Å². The van der Waals surface area contributed by atoms with Crippen molar-refractivity contribution < 1.29 is 19.4 Å². The summed E-state index contributed by atoms with van der Waals surface area (Å²) >= 11 is 6.04. The Labute approximate surface area is 146 Å². The molecule has 1 N–H and O–H groups in total. The Morgan fingerprint density at radius 1 is 1.29 bits per heavy atom. The molecule has 2 aliphatic rings. The van der Waals surface area contributed by atoms with E-state index < -0.39 is 5.97 Å². The molecule has 1 aromatic rings. The normalized spacial score (nSPS) is 23.7. The number of nitrogens with zero attached hydrogens (tertiary/aromatic N) is 1. The Balaban J connectivity index is 1.68. The van der Waals surface area contributed by atoms with Crippen molar-refractivity contribution >= 4 is 23.5 Å². The number of ether oxygens (including phenoxy) is 1. The van der Waals surface area contributed by atoms with E-state index in [1.165, 1.54) is 0 Å². The molecule has 1 saturated heterocycles. The number of carboxylic acids is 1. The van der Waals surface area contributed by atoms with Crippen LogP contribution in [0.25, 0.3) is 0 Å². The summed E-state index contributed by atoms with van der Waals surface area (Å²) in [5.41, 5.74) is 1.09. The summed E-state index contributed by atoms with van der Waals surface area (Å²) < 4.78 is 5.37. The van der Waals surface area contributed by atoms with E-state index >= 15 is 0 Å². The molecule has 0 spiro atoms. The van der Waals surface area contributed by atoms with Crippen LogP contribution >= 0.6 is 11.6 Å². The monoisotopic (exact) mass is 351 g/mol. The molecule has 0 bridgehead atoms. The molecule has 0 radical (unpaired) electrons. The zero-order valence-electron chi connectivity index (χ0n) is 13.5. The van der Waals surface area contributed by atoms with E-state index in [-0.39, 0.29) is 36.8 Å². The van der Waals surface area contributed by atoms with Crippen LogP contribution in [0.4, 0.5) is 0 Å². The molecule has 2 fully saturated rings. The molecule has 0 unspecified atom stereocenters. The largest absolute Gasteiger partial charge is 0.481 e. The lowest BCUT2D eigenvalue weighted by Crippen LogP contribution is -2.45. The highest BCUT2D eigenvalue weighted by molar-refractivity contribution is 6.30. The third-order valence-electron chi connectivity index (χ3n) is 4.87. The van der Waals surface area contributed by atoms with Gasteiger partial charge < -0.3 is 14.7 Å². The van der Waals surface area contributed by atoms with Crippen LogP contribution in [0.1, 0.15) is 37.2 Å². The summed E-state index contributed by atoms with van der Waals surface area (Å²) in [7, 11) is 0. The van der Waals surface area contributed by atoms with Crippen LogP contribution in [0.5, 0.6) is 0 Å². The topological polar surface area (TPSA) is 66.8 Å². The fraction of sp³-hybridized carbons (Fsp3) is 0.556. The number of benzene rings is 1. The minimum atomic E-state index is -0.873. The average Bonchev–Trinajstić information content (AvgIpc) is 3.36. The van der Waals surface area contributed by atoms with Crippen molar-refractivity contribution in [2.75, 3.05) is 19.8 Å². The highest BCUT2D eigenvalue weighted by Gasteiger charge is 2.47. The number of hydrogen-bond donors (Lipinski definition) is 1. The molecule has 2 atom stereocenters. The second-order valence-corrected chi connectivity index (χ2v) is 6.96. The van der Waals surface area contributed by atoms with Crippen LogP contribution in [0, 0.1) is 5.92 Å². The molecule has 5 nitrogen and oxygen atoms in total. The predicted molar refractivity (Wildman–Crippen MR) is 90.1 cm³/mol. The number of aliphatic carboxylic acids is 1. The fourth-order valence-corrected chi connectivity index (χ4v) is 3.67. The van der Waals surface area contributed by atoms with E-state index in [0.29, 0.717) is 18.2 Å². The van der Waals surface area contributed by atoms with Gasteiger partial charge in [-0.25, -0.2) is 0 Å². The van der Waals surface area contributed by atoms with Crippen LogP contribution in [-0.4, -0.2) is 47.7 Å². The maximum absolute atomic E-state index is 12.9. The Hall–Kier alpha value is -1.59. The summed E-state index contributed by atoms with van der Waals surface area (Å²) in [6.07, 6.45) is 2.35. The van der Waals surface area contributed by atoms with Gasteiger partial charge in [0.1, 0.15) is 0 Å². The number of carboxylic acid groups (broad SMARTS) is 1. The maximum Gasteiger partial charge on any atom is 0.305 e. The van der Waals surface area contributed by atoms with E-state index in [9.17, 15) is 9.59 Å². The lowest BCUT2D eigenvalue weighted by atomic mass is 10.0. The molecular formula is C18H22ClNO4. The number of rotatable bonds is 6. The first-order valence-electron chi connectivity index (χ1n) is 8.41. The molecule has 1 aliphatic heterocycles. The third kappa shape index (κ3) is 4.08. The van der Waals surface area contributed by atoms with Crippen LogP contribution in [0.2, 0.25) is 5.02 Å². The van der Waals surface area contributed by atoms with Crippen LogP contribution in [0.15, 0.2) is 24.3 Å². The molecule has 24 heavy (non-hydrogen) atoms. The molecule has 1 heterocycles. The molecule has 130 valence electrons. The first-order valence-corrected chi connectivity index (χ1v) is 8.79. The van der Waals surface area contributed by atoms with Gasteiger partial charge in [-0.2, -0.15) is 0 Å². The number of carbonyl (C=O) groups is 2. The molecule has 1 amide bonds. The van der Waals surface area contributed by atoms with E-state index in [2.05, 4.69) is 0 Å². The molecular weight excluding hydrogens is 330 g/mol. The zero-order valence-corrected chi connectivity index (χ0v) is 14.2. The van der Waals surface area contributed by atoms with Gasteiger partial charge in [0.2, 0.25) is 5.91 Å². The summed E-state index contributed by atoms with van der Waals surface area (Å²) in [6.45, 7) is 1.53. The fourth-order valence-electron chi connectivity index (χ4n) is 3.47. The average molecular weight is 352 g/mol. The van der Waals surface area contributed by atoms with Crippen LogP contribution in [-0.2, 0) is 14.3 Å². The Morgan fingerprint density at radius 2 is 2.04 bits per heavy atom. The van der Waals surface area contributed by atoms with Gasteiger partial charge in [-0.05, 0) is 42.9 Å². The Bertz CT molecular complexity index is 615. The highest BCUT2D eigenvalue weighted by atomic mass is 35.5. The predicted octanol–water partition coefficient (Wildman–Crippen LogP) is 2.93. The molecule has 1 saturated carbocycles. The molecule has 6 heteroatoms. The summed E-state index contributed by atoms with van der Waals surface area (Å²) in [6, 6.07) is 7.73. The van der Waals surface area contributed by atoms with E-state index in [1.54, 1.807) is 4.90 Å². The number of carbonyl (C=O) groups excluding carboxylic acids is 1.